The first-order valence-electron chi connectivity index (χ1n) is 9.19. The van der Waals surface area contributed by atoms with Crippen LogP contribution in [0.5, 0.6) is 5.75 Å². The van der Waals surface area contributed by atoms with Crippen molar-refractivity contribution in [2.45, 2.75) is 32.0 Å². The van der Waals surface area contributed by atoms with Gasteiger partial charge in [-0.25, -0.2) is 4.79 Å². The van der Waals surface area contributed by atoms with Crippen LogP contribution in [0.1, 0.15) is 19.8 Å². The fourth-order valence-corrected chi connectivity index (χ4v) is 3.37. The predicted octanol–water partition coefficient (Wildman–Crippen LogP) is -0.0960. The molecule has 1 unspecified atom stereocenters. The van der Waals surface area contributed by atoms with Crippen LogP contribution in [0.4, 0.5) is 0 Å². The van der Waals surface area contributed by atoms with Gasteiger partial charge in [-0.15, -0.1) is 0 Å². The zero-order chi connectivity index (χ0) is 20.1. The highest BCUT2D eigenvalue weighted by atomic mass is 16.6. The van der Waals surface area contributed by atoms with E-state index in [9.17, 15) is 19.2 Å². The van der Waals surface area contributed by atoms with Crippen molar-refractivity contribution in [3.05, 3.63) is 30.3 Å². The molecule has 0 aromatic heterocycles. The maximum atomic E-state index is 12.8. The van der Waals surface area contributed by atoms with Gasteiger partial charge >= 0.3 is 11.9 Å². The molecule has 2 aliphatic rings. The Hall–Kier alpha value is -2.94. The van der Waals surface area contributed by atoms with E-state index in [1.54, 1.807) is 35.2 Å². The molecule has 0 radical (unpaired) electrons. The van der Waals surface area contributed by atoms with E-state index in [1.807, 2.05) is 0 Å². The van der Waals surface area contributed by atoms with E-state index in [0.717, 1.165) is 37.8 Å². The molecule has 2 saturated heterocycles. The standard InChI is InChI=1S/C19H23N3O6/c1-13(23)27-19(26)18(28-15-5-3-2-4-6-15)22-12-16(24)21(11-17(22)25)14-7-9-20-10-8-14/h2-6,14,18,20H,7-12H2,1H3. The molecule has 0 bridgehead atoms. The second kappa shape index (κ2) is 8.83. The van der Waals surface area contributed by atoms with E-state index >= 15 is 0 Å². The van der Waals surface area contributed by atoms with Crippen LogP contribution in [0.3, 0.4) is 0 Å². The van der Waals surface area contributed by atoms with Gasteiger partial charge in [0.15, 0.2) is 0 Å². The highest BCUT2D eigenvalue weighted by Gasteiger charge is 2.42. The lowest BCUT2D eigenvalue weighted by Crippen LogP contribution is -2.63. The van der Waals surface area contributed by atoms with Crippen molar-refractivity contribution in [2.75, 3.05) is 26.2 Å². The lowest BCUT2D eigenvalue weighted by Gasteiger charge is -2.41. The molecule has 150 valence electrons. The molecule has 2 aliphatic heterocycles. The summed E-state index contributed by atoms with van der Waals surface area (Å²) in [6.45, 7) is 2.21. The van der Waals surface area contributed by atoms with Gasteiger partial charge < -0.3 is 19.7 Å². The van der Waals surface area contributed by atoms with E-state index in [2.05, 4.69) is 10.1 Å². The molecule has 28 heavy (non-hydrogen) atoms. The summed E-state index contributed by atoms with van der Waals surface area (Å²) in [5.74, 6) is -2.23. The minimum absolute atomic E-state index is 0.00230. The van der Waals surface area contributed by atoms with Crippen molar-refractivity contribution >= 4 is 23.8 Å². The number of nitrogens with one attached hydrogen (secondary N) is 1. The van der Waals surface area contributed by atoms with Crippen LogP contribution < -0.4 is 10.1 Å². The summed E-state index contributed by atoms with van der Waals surface area (Å²) in [7, 11) is 0. The SMILES string of the molecule is CC(=O)OC(=O)C(Oc1ccccc1)N1CC(=O)N(C2CCNCC2)CC1=O. The van der Waals surface area contributed by atoms with Crippen LogP contribution in [0.2, 0.25) is 0 Å². The quantitative estimate of drug-likeness (QED) is 0.554. The molecule has 2 heterocycles. The fraction of sp³-hybridized carbons (Fsp3) is 0.474. The van der Waals surface area contributed by atoms with Crippen molar-refractivity contribution in [1.29, 1.82) is 0 Å². The molecule has 0 spiro atoms. The van der Waals surface area contributed by atoms with E-state index in [1.165, 1.54) is 0 Å². The molecule has 2 amide bonds. The van der Waals surface area contributed by atoms with Gasteiger partial charge in [0.25, 0.3) is 6.23 Å². The molecule has 0 saturated carbocycles. The number of piperazine rings is 1. The zero-order valence-corrected chi connectivity index (χ0v) is 15.6. The molecule has 9 nitrogen and oxygen atoms in total. The molecule has 1 aromatic carbocycles. The van der Waals surface area contributed by atoms with Crippen LogP contribution in [-0.4, -0.2) is 72.0 Å². The van der Waals surface area contributed by atoms with Crippen LogP contribution >= 0.6 is 0 Å². The third-order valence-corrected chi connectivity index (χ3v) is 4.72. The summed E-state index contributed by atoms with van der Waals surface area (Å²) in [5, 5.41) is 3.22. The number of ether oxygens (including phenoxy) is 2. The molecule has 9 heteroatoms. The van der Waals surface area contributed by atoms with Gasteiger partial charge in [0.05, 0.1) is 0 Å². The lowest BCUT2D eigenvalue weighted by molar-refractivity contribution is -0.178. The van der Waals surface area contributed by atoms with Gasteiger partial charge in [-0.2, -0.15) is 0 Å². The van der Waals surface area contributed by atoms with Crippen molar-refractivity contribution < 1.29 is 28.7 Å². The molecular formula is C19H23N3O6. The molecule has 1 aromatic rings. The average Bonchev–Trinajstić information content (AvgIpc) is 2.68. The minimum atomic E-state index is -1.52. The number of hydrogen-bond acceptors (Lipinski definition) is 7. The number of nitrogens with zero attached hydrogens (tertiary/aromatic N) is 2. The predicted molar refractivity (Wildman–Crippen MR) is 96.9 cm³/mol. The highest BCUT2D eigenvalue weighted by molar-refractivity contribution is 5.96. The minimum Gasteiger partial charge on any atom is -0.459 e. The summed E-state index contributed by atoms with van der Waals surface area (Å²) in [6, 6.07) is 8.37. The number of esters is 2. The number of para-hydroxylation sites is 1. The summed E-state index contributed by atoms with van der Waals surface area (Å²) < 4.78 is 10.2. The van der Waals surface area contributed by atoms with Gasteiger partial charge in [-0.3, -0.25) is 19.3 Å². The summed E-state index contributed by atoms with van der Waals surface area (Å²) >= 11 is 0. The Labute approximate surface area is 162 Å². The van der Waals surface area contributed by atoms with E-state index in [-0.39, 0.29) is 25.0 Å². The van der Waals surface area contributed by atoms with Crippen LogP contribution in [0.25, 0.3) is 0 Å². The topological polar surface area (TPSA) is 105 Å². The third-order valence-electron chi connectivity index (χ3n) is 4.72. The first-order chi connectivity index (χ1) is 13.5. The maximum absolute atomic E-state index is 12.8. The fourth-order valence-electron chi connectivity index (χ4n) is 3.37. The smallest absolute Gasteiger partial charge is 0.376 e. The average molecular weight is 389 g/mol. The van der Waals surface area contributed by atoms with E-state index in [4.69, 9.17) is 4.74 Å². The molecule has 3 rings (SSSR count). The van der Waals surface area contributed by atoms with Gasteiger partial charge in [0.2, 0.25) is 11.8 Å². The second-order valence-electron chi connectivity index (χ2n) is 6.72. The van der Waals surface area contributed by atoms with Crippen molar-refractivity contribution in [2.24, 2.45) is 0 Å². The number of carbonyl (C=O) groups is 4. The van der Waals surface area contributed by atoms with Gasteiger partial charge in [-0.1, -0.05) is 18.2 Å². The Balaban J connectivity index is 1.77. The zero-order valence-electron chi connectivity index (χ0n) is 15.6. The summed E-state index contributed by atoms with van der Waals surface area (Å²) in [6.07, 6.45) is 0.0305. The molecule has 1 N–H and O–H groups in total. The van der Waals surface area contributed by atoms with Crippen molar-refractivity contribution in [1.82, 2.24) is 15.1 Å². The molecular weight excluding hydrogens is 366 g/mol. The van der Waals surface area contributed by atoms with Crippen LogP contribution in [-0.2, 0) is 23.9 Å². The summed E-state index contributed by atoms with van der Waals surface area (Å²) in [5.41, 5.74) is 0. The van der Waals surface area contributed by atoms with Crippen molar-refractivity contribution in [3.63, 3.8) is 0 Å². The Bertz CT molecular complexity index is 747. The van der Waals surface area contributed by atoms with Crippen LogP contribution in [0, 0.1) is 0 Å². The highest BCUT2D eigenvalue weighted by Crippen LogP contribution is 2.20. The first kappa shape index (κ1) is 19.8. The monoisotopic (exact) mass is 389 g/mol. The van der Waals surface area contributed by atoms with Gasteiger partial charge in [0.1, 0.15) is 18.8 Å². The number of carbonyl (C=O) groups excluding carboxylic acids is 4. The lowest BCUT2D eigenvalue weighted by atomic mass is 10.0. The van der Waals surface area contributed by atoms with Gasteiger partial charge in [-0.05, 0) is 38.1 Å². The second-order valence-corrected chi connectivity index (χ2v) is 6.72. The molecule has 2 fully saturated rings. The Morgan fingerprint density at radius 3 is 2.39 bits per heavy atom. The summed E-state index contributed by atoms with van der Waals surface area (Å²) in [4.78, 5) is 51.7. The van der Waals surface area contributed by atoms with E-state index in [0.29, 0.717) is 5.75 Å². The Morgan fingerprint density at radius 1 is 1.07 bits per heavy atom. The van der Waals surface area contributed by atoms with Crippen LogP contribution in [0.15, 0.2) is 30.3 Å². The number of hydrogen-bond donors (Lipinski definition) is 1. The van der Waals surface area contributed by atoms with Gasteiger partial charge in [0, 0.05) is 13.0 Å². The number of benzene rings is 1. The van der Waals surface area contributed by atoms with Crippen molar-refractivity contribution in [3.8, 4) is 5.75 Å². The number of amides is 2. The van der Waals surface area contributed by atoms with E-state index < -0.39 is 24.1 Å². The molecule has 0 aliphatic carbocycles. The first-order valence-corrected chi connectivity index (χ1v) is 9.19. The maximum Gasteiger partial charge on any atom is 0.376 e. The molecule has 1 atom stereocenters. The Kier molecular flexibility index (Phi) is 6.25. The number of rotatable bonds is 5. The number of piperidine rings is 1. The Morgan fingerprint density at radius 2 is 1.75 bits per heavy atom. The normalized spacial score (nSPS) is 19.3. The largest absolute Gasteiger partial charge is 0.459 e. The third kappa shape index (κ3) is 4.66.